The number of furan rings is 1. The number of ether oxygens (including phenoxy) is 1. The fourth-order valence-electron chi connectivity index (χ4n) is 3.96. The van der Waals surface area contributed by atoms with Crippen LogP contribution >= 0.6 is 0 Å². The predicted molar refractivity (Wildman–Crippen MR) is 135 cm³/mol. The molecular formula is C27H31N5O4. The molecule has 1 unspecified atom stereocenters. The fourth-order valence-corrected chi connectivity index (χ4v) is 3.96. The Morgan fingerprint density at radius 3 is 2.58 bits per heavy atom. The highest BCUT2D eigenvalue weighted by Gasteiger charge is 2.36. The molecule has 0 spiro atoms. The Bertz CT molecular complexity index is 1330. The summed E-state index contributed by atoms with van der Waals surface area (Å²) in [6.45, 7) is 5.91. The van der Waals surface area contributed by atoms with Crippen molar-refractivity contribution in [3.8, 4) is 5.75 Å². The Labute approximate surface area is 210 Å². The predicted octanol–water partition coefficient (Wildman–Crippen LogP) is 4.11. The Morgan fingerprint density at radius 2 is 1.86 bits per heavy atom. The molecule has 2 amide bonds. The first-order valence-electron chi connectivity index (χ1n) is 11.9. The van der Waals surface area contributed by atoms with E-state index in [1.165, 1.54) is 11.2 Å². The van der Waals surface area contributed by atoms with Crippen LogP contribution in [0.3, 0.4) is 0 Å². The highest BCUT2D eigenvalue weighted by Crippen LogP contribution is 2.29. The van der Waals surface area contributed by atoms with E-state index in [-0.39, 0.29) is 24.9 Å². The van der Waals surface area contributed by atoms with Gasteiger partial charge in [0.2, 0.25) is 5.91 Å². The van der Waals surface area contributed by atoms with Gasteiger partial charge in [-0.3, -0.25) is 9.59 Å². The first-order chi connectivity index (χ1) is 17.3. The van der Waals surface area contributed by atoms with Gasteiger partial charge in [-0.05, 0) is 50.6 Å². The molecule has 0 fully saturated rings. The standard InChI is InChI=1S/C27H31N5O4/c1-5-27(2,3)28-26(34)25(23-15-10-16-36-23)31(17-19-11-6-9-14-22(19)35-4)24(33)18-32-21-13-8-7-12-20(21)29-30-32/h6-16,25H,5,17-18H2,1-4H3,(H,28,34). The first kappa shape index (κ1) is 25.0. The molecule has 0 aliphatic heterocycles. The van der Waals surface area contributed by atoms with Crippen molar-refractivity contribution in [1.82, 2.24) is 25.2 Å². The lowest BCUT2D eigenvalue weighted by atomic mass is 10.0. The van der Waals surface area contributed by atoms with Crippen LogP contribution in [0, 0.1) is 0 Å². The maximum atomic E-state index is 13.9. The van der Waals surface area contributed by atoms with Gasteiger partial charge in [0.25, 0.3) is 5.91 Å². The van der Waals surface area contributed by atoms with Gasteiger partial charge in [0.15, 0.2) is 6.04 Å². The molecule has 2 aromatic heterocycles. The van der Waals surface area contributed by atoms with Crippen molar-refractivity contribution in [2.45, 2.75) is 51.9 Å². The van der Waals surface area contributed by atoms with E-state index in [9.17, 15) is 9.59 Å². The third-order valence-corrected chi connectivity index (χ3v) is 6.28. The molecule has 0 bridgehead atoms. The number of carbonyl (C=O) groups is 2. The number of aromatic nitrogens is 3. The molecule has 0 aliphatic carbocycles. The summed E-state index contributed by atoms with van der Waals surface area (Å²) in [6, 6.07) is 17.3. The van der Waals surface area contributed by atoms with Crippen molar-refractivity contribution < 1.29 is 18.7 Å². The van der Waals surface area contributed by atoms with Crippen LogP contribution in [-0.2, 0) is 22.7 Å². The van der Waals surface area contributed by atoms with Gasteiger partial charge in [-0.2, -0.15) is 0 Å². The lowest BCUT2D eigenvalue weighted by Crippen LogP contribution is -2.50. The van der Waals surface area contributed by atoms with Crippen LogP contribution in [-0.4, -0.2) is 44.4 Å². The van der Waals surface area contributed by atoms with Gasteiger partial charge in [-0.25, -0.2) is 4.68 Å². The highest BCUT2D eigenvalue weighted by atomic mass is 16.5. The van der Waals surface area contributed by atoms with Crippen LogP contribution in [0.1, 0.15) is 44.6 Å². The molecule has 4 rings (SSSR count). The zero-order valence-corrected chi connectivity index (χ0v) is 21.0. The van der Waals surface area contributed by atoms with E-state index in [0.717, 1.165) is 17.5 Å². The van der Waals surface area contributed by atoms with Crippen LogP contribution in [0.4, 0.5) is 0 Å². The van der Waals surface area contributed by atoms with E-state index in [0.29, 0.717) is 17.0 Å². The number of nitrogens with zero attached hydrogens (tertiary/aromatic N) is 4. The molecule has 4 aromatic rings. The number of fused-ring (bicyclic) bond motifs is 1. The minimum Gasteiger partial charge on any atom is -0.496 e. The third kappa shape index (κ3) is 5.40. The van der Waals surface area contributed by atoms with Gasteiger partial charge in [0, 0.05) is 11.1 Å². The normalized spacial score (nSPS) is 12.3. The van der Waals surface area contributed by atoms with Gasteiger partial charge < -0.3 is 19.4 Å². The summed E-state index contributed by atoms with van der Waals surface area (Å²) in [5.74, 6) is 0.339. The quantitative estimate of drug-likeness (QED) is 0.360. The van der Waals surface area contributed by atoms with Gasteiger partial charge in [0.05, 0.1) is 25.4 Å². The topological polar surface area (TPSA) is 102 Å². The van der Waals surface area contributed by atoms with Crippen LogP contribution in [0.15, 0.2) is 71.3 Å². The fraction of sp³-hybridized carbons (Fsp3) is 0.333. The molecule has 2 aromatic carbocycles. The number of nitrogens with one attached hydrogen (secondary N) is 1. The second kappa shape index (κ2) is 10.6. The number of carbonyl (C=O) groups excluding carboxylic acids is 2. The maximum absolute atomic E-state index is 13.9. The molecular weight excluding hydrogens is 458 g/mol. The van der Waals surface area contributed by atoms with E-state index in [1.807, 2.05) is 69.3 Å². The smallest absolute Gasteiger partial charge is 0.251 e. The second-order valence-corrected chi connectivity index (χ2v) is 9.21. The first-order valence-corrected chi connectivity index (χ1v) is 11.9. The Balaban J connectivity index is 1.75. The summed E-state index contributed by atoms with van der Waals surface area (Å²) < 4.78 is 12.7. The average Bonchev–Trinajstić information content (AvgIpc) is 3.54. The van der Waals surface area contributed by atoms with Crippen molar-refractivity contribution in [2.24, 2.45) is 0 Å². The minimum absolute atomic E-state index is 0.0999. The third-order valence-electron chi connectivity index (χ3n) is 6.28. The lowest BCUT2D eigenvalue weighted by Gasteiger charge is -2.33. The van der Waals surface area contributed by atoms with E-state index < -0.39 is 11.6 Å². The van der Waals surface area contributed by atoms with Crippen LogP contribution in [0.5, 0.6) is 5.75 Å². The molecule has 1 atom stereocenters. The monoisotopic (exact) mass is 489 g/mol. The molecule has 188 valence electrons. The Hall–Kier alpha value is -4.14. The SMILES string of the molecule is CCC(C)(C)NC(=O)C(c1ccco1)N(Cc1ccccc1OC)C(=O)Cn1nnc2ccccc21. The number of hydrogen-bond donors (Lipinski definition) is 1. The molecule has 36 heavy (non-hydrogen) atoms. The molecule has 2 heterocycles. The molecule has 9 heteroatoms. The summed E-state index contributed by atoms with van der Waals surface area (Å²) in [7, 11) is 1.58. The highest BCUT2D eigenvalue weighted by molar-refractivity contribution is 5.89. The maximum Gasteiger partial charge on any atom is 0.251 e. The lowest BCUT2D eigenvalue weighted by molar-refractivity contribution is -0.143. The summed E-state index contributed by atoms with van der Waals surface area (Å²) >= 11 is 0. The van der Waals surface area contributed by atoms with Crippen molar-refractivity contribution in [3.05, 3.63) is 78.3 Å². The summed E-state index contributed by atoms with van der Waals surface area (Å²) in [5, 5.41) is 11.4. The van der Waals surface area contributed by atoms with Gasteiger partial charge in [0.1, 0.15) is 23.6 Å². The number of hydrogen-bond acceptors (Lipinski definition) is 6. The second-order valence-electron chi connectivity index (χ2n) is 9.21. The number of rotatable bonds is 10. The van der Waals surface area contributed by atoms with Crippen LogP contribution in [0.2, 0.25) is 0 Å². The van der Waals surface area contributed by atoms with Gasteiger partial charge >= 0.3 is 0 Å². The number of methoxy groups -OCH3 is 1. The van der Waals surface area contributed by atoms with Crippen LogP contribution < -0.4 is 10.1 Å². The molecule has 0 aliphatic rings. The Kier molecular flexibility index (Phi) is 7.38. The van der Waals surface area contributed by atoms with Crippen LogP contribution in [0.25, 0.3) is 11.0 Å². The molecule has 0 saturated carbocycles. The van der Waals surface area contributed by atoms with Gasteiger partial charge in [-0.15, -0.1) is 5.10 Å². The molecule has 9 nitrogen and oxygen atoms in total. The average molecular weight is 490 g/mol. The molecule has 0 radical (unpaired) electrons. The number of amides is 2. The minimum atomic E-state index is -1.00. The number of para-hydroxylation sites is 2. The largest absolute Gasteiger partial charge is 0.496 e. The summed E-state index contributed by atoms with van der Waals surface area (Å²) in [6.07, 6.45) is 2.21. The summed E-state index contributed by atoms with van der Waals surface area (Å²) in [5.41, 5.74) is 1.71. The molecule has 1 N–H and O–H groups in total. The van der Waals surface area contributed by atoms with Crippen molar-refractivity contribution in [2.75, 3.05) is 7.11 Å². The van der Waals surface area contributed by atoms with Crippen molar-refractivity contribution in [1.29, 1.82) is 0 Å². The Morgan fingerprint density at radius 1 is 1.11 bits per heavy atom. The number of benzene rings is 2. The van der Waals surface area contributed by atoms with E-state index in [4.69, 9.17) is 9.15 Å². The van der Waals surface area contributed by atoms with E-state index in [2.05, 4.69) is 15.6 Å². The van der Waals surface area contributed by atoms with E-state index >= 15 is 0 Å². The van der Waals surface area contributed by atoms with Crippen molar-refractivity contribution >= 4 is 22.8 Å². The van der Waals surface area contributed by atoms with E-state index in [1.54, 1.807) is 23.9 Å². The molecule has 0 saturated heterocycles. The zero-order chi connectivity index (χ0) is 25.7. The van der Waals surface area contributed by atoms with Gasteiger partial charge in [-0.1, -0.05) is 42.5 Å². The van der Waals surface area contributed by atoms with Crippen molar-refractivity contribution in [3.63, 3.8) is 0 Å². The summed E-state index contributed by atoms with van der Waals surface area (Å²) in [4.78, 5) is 29.1. The zero-order valence-electron chi connectivity index (χ0n) is 21.0.